The van der Waals surface area contributed by atoms with Crippen LogP contribution in [0.3, 0.4) is 0 Å². The fourth-order valence-corrected chi connectivity index (χ4v) is 2.65. The van der Waals surface area contributed by atoms with Crippen molar-refractivity contribution in [1.82, 2.24) is 9.80 Å². The quantitative estimate of drug-likeness (QED) is 0.831. The molecule has 1 rings (SSSR count). The van der Waals surface area contributed by atoms with Gasteiger partial charge in [0.1, 0.15) is 0 Å². The van der Waals surface area contributed by atoms with E-state index in [-0.39, 0.29) is 24.5 Å². The van der Waals surface area contributed by atoms with Crippen LogP contribution in [0.1, 0.15) is 27.2 Å². The summed E-state index contributed by atoms with van der Waals surface area (Å²) in [5, 5.41) is 9.49. The Morgan fingerprint density at radius 1 is 1.40 bits per heavy atom. The fourth-order valence-electron chi connectivity index (χ4n) is 2.65. The van der Waals surface area contributed by atoms with Crippen molar-refractivity contribution in [2.75, 3.05) is 33.9 Å². The van der Waals surface area contributed by atoms with Gasteiger partial charge in [0.25, 0.3) is 0 Å². The van der Waals surface area contributed by atoms with E-state index < -0.39 is 11.4 Å². The highest BCUT2D eigenvalue weighted by atomic mass is 16.5. The Balaban J connectivity index is 2.76. The lowest BCUT2D eigenvalue weighted by molar-refractivity contribution is -0.150. The number of aliphatic carboxylic acids is 1. The lowest BCUT2D eigenvalue weighted by Gasteiger charge is -2.32. The van der Waals surface area contributed by atoms with Gasteiger partial charge < -0.3 is 19.6 Å². The molecule has 116 valence electrons. The summed E-state index contributed by atoms with van der Waals surface area (Å²) < 4.78 is 5.05. The zero-order valence-corrected chi connectivity index (χ0v) is 13.0. The van der Waals surface area contributed by atoms with E-state index in [0.29, 0.717) is 19.6 Å². The van der Waals surface area contributed by atoms with E-state index in [1.165, 1.54) is 0 Å². The Bertz CT molecular complexity index is 372. The van der Waals surface area contributed by atoms with Crippen molar-refractivity contribution in [3.63, 3.8) is 0 Å². The first kappa shape index (κ1) is 16.8. The van der Waals surface area contributed by atoms with Crippen LogP contribution in [0.25, 0.3) is 0 Å². The van der Waals surface area contributed by atoms with Crippen LogP contribution in [0.15, 0.2) is 0 Å². The molecule has 1 saturated heterocycles. The predicted octanol–water partition coefficient (Wildman–Crippen LogP) is 1.51. The Kier molecular flexibility index (Phi) is 5.39. The molecule has 1 fully saturated rings. The number of likely N-dealkylation sites (tertiary alicyclic amines) is 1. The Morgan fingerprint density at radius 3 is 2.40 bits per heavy atom. The van der Waals surface area contributed by atoms with Crippen LogP contribution in [0.2, 0.25) is 0 Å². The first-order valence-electron chi connectivity index (χ1n) is 7.00. The lowest BCUT2D eigenvalue weighted by atomic mass is 9.76. The van der Waals surface area contributed by atoms with E-state index in [0.717, 1.165) is 0 Å². The van der Waals surface area contributed by atoms with E-state index in [1.54, 1.807) is 24.0 Å². The second-order valence-electron chi connectivity index (χ2n) is 5.99. The maximum atomic E-state index is 12.4. The molecular weight excluding hydrogens is 260 g/mol. The molecule has 2 amide bonds. The molecule has 0 spiro atoms. The summed E-state index contributed by atoms with van der Waals surface area (Å²) in [5.74, 6) is -0.810. The zero-order valence-electron chi connectivity index (χ0n) is 13.0. The average molecular weight is 286 g/mol. The van der Waals surface area contributed by atoms with Gasteiger partial charge in [0.2, 0.25) is 0 Å². The number of likely N-dealkylation sites (N-methyl/N-ethyl adjacent to an activating group) is 1. The number of methoxy groups -OCH3 is 1. The molecule has 0 aromatic rings. The largest absolute Gasteiger partial charge is 0.481 e. The third-order valence-electron chi connectivity index (χ3n) is 4.47. The molecule has 0 saturated carbocycles. The molecule has 0 aromatic carbocycles. The molecule has 6 heteroatoms. The number of hydrogen-bond acceptors (Lipinski definition) is 3. The SMILES string of the molecule is COCC(C)N(C)C(=O)N1CCC(C(=O)O)(C(C)C)C1. The van der Waals surface area contributed by atoms with Crippen molar-refractivity contribution >= 4 is 12.0 Å². The van der Waals surface area contributed by atoms with Crippen LogP contribution < -0.4 is 0 Å². The average Bonchev–Trinajstić information content (AvgIpc) is 2.83. The third-order valence-corrected chi connectivity index (χ3v) is 4.47. The van der Waals surface area contributed by atoms with Crippen LogP contribution in [0.5, 0.6) is 0 Å². The van der Waals surface area contributed by atoms with Gasteiger partial charge in [-0.25, -0.2) is 4.79 Å². The topological polar surface area (TPSA) is 70.1 Å². The zero-order chi connectivity index (χ0) is 15.5. The first-order valence-corrected chi connectivity index (χ1v) is 7.00. The summed E-state index contributed by atoms with van der Waals surface area (Å²) >= 11 is 0. The third kappa shape index (κ3) is 3.06. The van der Waals surface area contributed by atoms with Crippen LogP contribution in [-0.4, -0.2) is 66.8 Å². The number of hydrogen-bond donors (Lipinski definition) is 1. The molecule has 1 heterocycles. The predicted molar refractivity (Wildman–Crippen MR) is 75.6 cm³/mol. The number of nitrogens with zero attached hydrogens (tertiary/aromatic N) is 2. The van der Waals surface area contributed by atoms with E-state index in [4.69, 9.17) is 4.74 Å². The Labute approximate surface area is 120 Å². The molecule has 6 nitrogen and oxygen atoms in total. The molecule has 20 heavy (non-hydrogen) atoms. The minimum Gasteiger partial charge on any atom is -0.481 e. The molecule has 1 N–H and O–H groups in total. The fraction of sp³-hybridized carbons (Fsp3) is 0.857. The Morgan fingerprint density at radius 2 is 2.00 bits per heavy atom. The molecule has 2 atom stereocenters. The van der Waals surface area contributed by atoms with Gasteiger partial charge in [0, 0.05) is 27.2 Å². The maximum absolute atomic E-state index is 12.4. The molecule has 1 aliphatic heterocycles. The first-order chi connectivity index (χ1) is 9.26. The van der Waals surface area contributed by atoms with Gasteiger partial charge in [-0.1, -0.05) is 13.8 Å². The van der Waals surface area contributed by atoms with Crippen molar-refractivity contribution < 1.29 is 19.4 Å². The summed E-state index contributed by atoms with van der Waals surface area (Å²) in [5.41, 5.74) is -0.818. The number of carbonyl (C=O) groups excluding carboxylic acids is 1. The van der Waals surface area contributed by atoms with E-state index in [9.17, 15) is 14.7 Å². The highest BCUT2D eigenvalue weighted by Gasteiger charge is 2.49. The van der Waals surface area contributed by atoms with Crippen LogP contribution in [0.4, 0.5) is 4.79 Å². The molecule has 0 radical (unpaired) electrons. The summed E-state index contributed by atoms with van der Waals surface area (Å²) in [4.78, 5) is 27.2. The normalized spacial score (nSPS) is 24.0. The number of carbonyl (C=O) groups is 2. The molecular formula is C14H26N2O4. The van der Waals surface area contributed by atoms with Crippen molar-refractivity contribution in [1.29, 1.82) is 0 Å². The number of rotatable bonds is 5. The summed E-state index contributed by atoms with van der Waals surface area (Å²) in [7, 11) is 3.32. The van der Waals surface area contributed by atoms with Gasteiger partial charge in [0.15, 0.2) is 0 Å². The van der Waals surface area contributed by atoms with Gasteiger partial charge in [-0.2, -0.15) is 0 Å². The molecule has 0 aromatic heterocycles. The van der Waals surface area contributed by atoms with Crippen LogP contribution in [-0.2, 0) is 9.53 Å². The van der Waals surface area contributed by atoms with E-state index >= 15 is 0 Å². The highest BCUT2D eigenvalue weighted by molar-refractivity contribution is 5.80. The minimum atomic E-state index is -0.818. The van der Waals surface area contributed by atoms with Gasteiger partial charge in [0.05, 0.1) is 18.1 Å². The van der Waals surface area contributed by atoms with Crippen LogP contribution >= 0.6 is 0 Å². The summed E-state index contributed by atoms with van der Waals surface area (Å²) in [6.45, 7) is 6.95. The number of carboxylic acids is 1. The number of urea groups is 1. The second-order valence-corrected chi connectivity index (χ2v) is 5.99. The van der Waals surface area contributed by atoms with Crippen molar-refractivity contribution in [2.24, 2.45) is 11.3 Å². The van der Waals surface area contributed by atoms with Crippen molar-refractivity contribution in [3.8, 4) is 0 Å². The van der Waals surface area contributed by atoms with Gasteiger partial charge >= 0.3 is 12.0 Å². The Hall–Kier alpha value is -1.30. The number of carboxylic acid groups (broad SMARTS) is 1. The van der Waals surface area contributed by atoms with Crippen molar-refractivity contribution in [3.05, 3.63) is 0 Å². The van der Waals surface area contributed by atoms with Gasteiger partial charge in [-0.3, -0.25) is 4.79 Å². The smallest absolute Gasteiger partial charge is 0.320 e. The van der Waals surface area contributed by atoms with Crippen molar-refractivity contribution in [2.45, 2.75) is 33.2 Å². The number of ether oxygens (including phenoxy) is 1. The van der Waals surface area contributed by atoms with Gasteiger partial charge in [-0.05, 0) is 19.3 Å². The molecule has 0 aliphatic carbocycles. The monoisotopic (exact) mass is 286 g/mol. The lowest BCUT2D eigenvalue weighted by Crippen LogP contribution is -2.47. The van der Waals surface area contributed by atoms with Crippen LogP contribution in [0, 0.1) is 11.3 Å². The summed E-state index contributed by atoms with van der Waals surface area (Å²) in [6, 6.07) is -0.162. The number of amides is 2. The molecule has 1 aliphatic rings. The second kappa shape index (κ2) is 6.43. The maximum Gasteiger partial charge on any atom is 0.320 e. The summed E-state index contributed by atoms with van der Waals surface area (Å²) in [6.07, 6.45) is 0.512. The van der Waals surface area contributed by atoms with E-state index in [1.807, 2.05) is 20.8 Å². The van der Waals surface area contributed by atoms with Gasteiger partial charge in [-0.15, -0.1) is 0 Å². The highest BCUT2D eigenvalue weighted by Crippen LogP contribution is 2.38. The van der Waals surface area contributed by atoms with E-state index in [2.05, 4.69) is 0 Å². The molecule has 0 bridgehead atoms. The standard InChI is InChI=1S/C14H26N2O4/c1-10(2)14(12(17)18)6-7-16(9-14)13(19)15(4)11(3)8-20-5/h10-11H,6-9H2,1-5H3,(H,17,18). The minimum absolute atomic E-state index is 0.000459. The molecule has 2 unspecified atom stereocenters.